The molecule has 1 heterocycles. The molecule has 1 amide bonds. The molecular weight excluding hydrogens is 497 g/mol. The van der Waals surface area contributed by atoms with Crippen molar-refractivity contribution in [2.45, 2.75) is 27.2 Å². The fourth-order valence-electron chi connectivity index (χ4n) is 2.28. The lowest BCUT2D eigenvalue weighted by Gasteiger charge is -2.09. The fraction of sp³-hybridized carbons (Fsp3) is 0.316. The number of aliphatic hydroxyl groups excluding tert-OH is 1. The third-order valence-electron chi connectivity index (χ3n) is 3.55. The van der Waals surface area contributed by atoms with Crippen LogP contribution in [0.5, 0.6) is 11.5 Å². The van der Waals surface area contributed by atoms with E-state index in [1.54, 1.807) is 39.0 Å². The number of thioether (sulfide) groups is 1. The molecule has 1 aromatic carbocycles. The van der Waals surface area contributed by atoms with Gasteiger partial charge in [-0.3, -0.25) is 4.79 Å². The van der Waals surface area contributed by atoms with Gasteiger partial charge in [-0.05, 0) is 60.2 Å². The van der Waals surface area contributed by atoms with Crippen LogP contribution in [0.3, 0.4) is 0 Å². The normalized spacial score (nSPS) is 16.7. The molecule has 28 heavy (non-hydrogen) atoms. The molecule has 0 fully saturated rings. The fourth-order valence-corrected chi connectivity index (χ4v) is 3.94. The highest BCUT2D eigenvalue weighted by atomic mass is 127. The first-order valence-electron chi connectivity index (χ1n) is 8.59. The number of nitrogens with zero attached hydrogens (tertiary/aromatic N) is 1. The number of carbonyl (C=O) groups is 2. The molecular formula is C19H20INO6S. The maximum absolute atomic E-state index is 12.2. The van der Waals surface area contributed by atoms with Crippen molar-refractivity contribution in [3.8, 4) is 11.5 Å². The Morgan fingerprint density at radius 1 is 1.21 bits per heavy atom. The number of aliphatic hydroxyl groups is 1. The maximum atomic E-state index is 12.2. The Kier molecular flexibility index (Phi) is 7.93. The van der Waals surface area contributed by atoms with Crippen molar-refractivity contribution >= 4 is 57.3 Å². The molecule has 0 saturated heterocycles. The van der Waals surface area contributed by atoms with Gasteiger partial charge in [0.25, 0.3) is 0 Å². The van der Waals surface area contributed by atoms with Gasteiger partial charge in [-0.25, -0.2) is 9.79 Å². The predicted octanol–water partition coefficient (Wildman–Crippen LogP) is 4.19. The molecule has 1 aromatic rings. The SMILES string of the molecule is CCOC(=O)C1=C(O)/C(=C/c2cc(I)c(O)c(OCC)c2)SC1=NC(=O)CC. The smallest absolute Gasteiger partial charge is 0.344 e. The molecule has 1 aliphatic rings. The molecule has 2 N–H and O–H groups in total. The van der Waals surface area contributed by atoms with Crippen molar-refractivity contribution in [3.63, 3.8) is 0 Å². The van der Waals surface area contributed by atoms with E-state index in [0.717, 1.165) is 11.8 Å². The number of phenolic OH excluding ortho intramolecular Hbond substituents is 1. The summed E-state index contributed by atoms with van der Waals surface area (Å²) in [7, 11) is 0. The van der Waals surface area contributed by atoms with Gasteiger partial charge >= 0.3 is 5.97 Å². The molecule has 0 radical (unpaired) electrons. The third-order valence-corrected chi connectivity index (χ3v) is 5.39. The first kappa shape index (κ1) is 22.3. The van der Waals surface area contributed by atoms with E-state index in [4.69, 9.17) is 9.47 Å². The minimum atomic E-state index is -0.742. The van der Waals surface area contributed by atoms with Gasteiger partial charge in [-0.15, -0.1) is 0 Å². The van der Waals surface area contributed by atoms with Gasteiger partial charge in [-0.2, -0.15) is 0 Å². The van der Waals surface area contributed by atoms with Crippen LogP contribution in [0.25, 0.3) is 6.08 Å². The third kappa shape index (κ3) is 5.07. The monoisotopic (exact) mass is 517 g/mol. The van der Waals surface area contributed by atoms with E-state index >= 15 is 0 Å². The van der Waals surface area contributed by atoms with Gasteiger partial charge in [0.2, 0.25) is 5.91 Å². The quantitative estimate of drug-likeness (QED) is 0.431. The van der Waals surface area contributed by atoms with Crippen LogP contribution in [0.4, 0.5) is 0 Å². The Morgan fingerprint density at radius 3 is 2.54 bits per heavy atom. The molecule has 0 atom stereocenters. The summed E-state index contributed by atoms with van der Waals surface area (Å²) in [4.78, 5) is 28.2. The minimum absolute atomic E-state index is 0.0337. The number of esters is 1. The lowest BCUT2D eigenvalue weighted by atomic mass is 10.1. The summed E-state index contributed by atoms with van der Waals surface area (Å²) in [5.41, 5.74) is 0.518. The van der Waals surface area contributed by atoms with E-state index in [2.05, 4.69) is 4.99 Å². The molecule has 150 valence electrons. The van der Waals surface area contributed by atoms with Crippen molar-refractivity contribution in [1.82, 2.24) is 0 Å². The number of benzene rings is 1. The molecule has 0 bridgehead atoms. The van der Waals surface area contributed by atoms with Gasteiger partial charge in [0, 0.05) is 6.42 Å². The number of hydrogen-bond donors (Lipinski definition) is 2. The second-order valence-electron chi connectivity index (χ2n) is 5.50. The summed E-state index contributed by atoms with van der Waals surface area (Å²) in [5.74, 6) is -1.10. The summed E-state index contributed by atoms with van der Waals surface area (Å²) < 4.78 is 11.0. The molecule has 7 nitrogen and oxygen atoms in total. The molecule has 0 spiro atoms. The van der Waals surface area contributed by atoms with Crippen LogP contribution in [0, 0.1) is 3.57 Å². The summed E-state index contributed by atoms with van der Waals surface area (Å²) in [5, 5.41) is 20.8. The highest BCUT2D eigenvalue weighted by molar-refractivity contribution is 14.1. The van der Waals surface area contributed by atoms with Crippen LogP contribution in [-0.4, -0.2) is 40.3 Å². The summed E-state index contributed by atoms with van der Waals surface area (Å²) in [6.07, 6.45) is 1.80. The number of ether oxygens (including phenoxy) is 2. The van der Waals surface area contributed by atoms with Crippen LogP contribution in [0.2, 0.25) is 0 Å². The minimum Gasteiger partial charge on any atom is -0.506 e. The van der Waals surface area contributed by atoms with Crippen LogP contribution in [-0.2, 0) is 14.3 Å². The van der Waals surface area contributed by atoms with E-state index in [0.29, 0.717) is 26.4 Å². The van der Waals surface area contributed by atoms with Gasteiger partial charge in [0.15, 0.2) is 11.5 Å². The lowest BCUT2D eigenvalue weighted by Crippen LogP contribution is -2.14. The van der Waals surface area contributed by atoms with E-state index in [1.165, 1.54) is 0 Å². The Balaban J connectivity index is 2.52. The van der Waals surface area contributed by atoms with Gasteiger partial charge in [-0.1, -0.05) is 18.7 Å². The Hall–Kier alpha value is -2.01. The van der Waals surface area contributed by atoms with Gasteiger partial charge in [0.05, 0.1) is 21.7 Å². The molecule has 2 rings (SSSR count). The molecule has 1 aliphatic heterocycles. The van der Waals surface area contributed by atoms with E-state index in [1.807, 2.05) is 22.6 Å². The van der Waals surface area contributed by atoms with Crippen molar-refractivity contribution in [3.05, 3.63) is 37.5 Å². The number of halogens is 1. The number of aliphatic imine (C=N–C) groups is 1. The molecule has 0 saturated carbocycles. The van der Waals surface area contributed by atoms with E-state index < -0.39 is 11.9 Å². The summed E-state index contributed by atoms with van der Waals surface area (Å²) in [6.45, 7) is 5.62. The second-order valence-corrected chi connectivity index (χ2v) is 7.69. The first-order valence-corrected chi connectivity index (χ1v) is 10.5. The average Bonchev–Trinajstić information content (AvgIpc) is 2.94. The number of hydrogen-bond acceptors (Lipinski definition) is 7. The van der Waals surface area contributed by atoms with E-state index in [-0.39, 0.29) is 35.2 Å². The van der Waals surface area contributed by atoms with Crippen molar-refractivity contribution in [2.24, 2.45) is 4.99 Å². The number of amides is 1. The zero-order valence-corrected chi connectivity index (χ0v) is 18.6. The lowest BCUT2D eigenvalue weighted by molar-refractivity contribution is -0.138. The molecule has 0 unspecified atom stereocenters. The van der Waals surface area contributed by atoms with Crippen LogP contribution >= 0.6 is 34.4 Å². The summed E-state index contributed by atoms with van der Waals surface area (Å²) in [6, 6.07) is 3.33. The Labute approximate surface area is 180 Å². The van der Waals surface area contributed by atoms with Gasteiger partial charge in [0.1, 0.15) is 16.4 Å². The highest BCUT2D eigenvalue weighted by Crippen LogP contribution is 2.40. The van der Waals surface area contributed by atoms with Crippen molar-refractivity contribution < 1.29 is 29.3 Å². The zero-order chi connectivity index (χ0) is 20.8. The number of aromatic hydroxyl groups is 1. The van der Waals surface area contributed by atoms with Crippen molar-refractivity contribution in [1.29, 1.82) is 0 Å². The van der Waals surface area contributed by atoms with Crippen LogP contribution in [0.15, 0.2) is 33.4 Å². The van der Waals surface area contributed by atoms with Crippen molar-refractivity contribution in [2.75, 3.05) is 13.2 Å². The molecule has 0 aromatic heterocycles. The van der Waals surface area contributed by atoms with Gasteiger partial charge < -0.3 is 19.7 Å². The van der Waals surface area contributed by atoms with Crippen LogP contribution in [0.1, 0.15) is 32.8 Å². The average molecular weight is 517 g/mol. The second kappa shape index (κ2) is 9.97. The van der Waals surface area contributed by atoms with E-state index in [9.17, 15) is 19.8 Å². The number of phenols is 1. The maximum Gasteiger partial charge on any atom is 0.344 e. The zero-order valence-electron chi connectivity index (χ0n) is 15.6. The largest absolute Gasteiger partial charge is 0.506 e. The Bertz CT molecular complexity index is 891. The highest BCUT2D eigenvalue weighted by Gasteiger charge is 2.33. The first-order chi connectivity index (χ1) is 13.3. The van der Waals surface area contributed by atoms with Crippen LogP contribution < -0.4 is 4.74 Å². The number of carbonyl (C=O) groups excluding carboxylic acids is 2. The number of rotatable bonds is 6. The topological polar surface area (TPSA) is 105 Å². The standard InChI is InChI=1S/C19H20INO6S/c1-4-14(22)21-18-15(19(25)27-6-3)17(24)13(28-18)9-10-7-11(20)16(23)12(8-10)26-5-2/h7-9,23-24H,4-6H2,1-3H3/b13-9-,21-18?. The Morgan fingerprint density at radius 2 is 1.93 bits per heavy atom. The predicted molar refractivity (Wildman–Crippen MR) is 117 cm³/mol. The molecule has 9 heteroatoms. The summed E-state index contributed by atoms with van der Waals surface area (Å²) >= 11 is 2.98. The molecule has 0 aliphatic carbocycles.